The standard InChI is InChI=1S/C15H20O/c1-11(2)14-10-9-12(3)16-15(14)13-7-5-4-6-8-13/h4-8,12,14-15H,1,9-10H2,2-3H3/t12-,14-,15+/m0/s1. The first-order valence-electron chi connectivity index (χ1n) is 6.04. The van der Waals surface area contributed by atoms with Crippen molar-refractivity contribution in [2.45, 2.75) is 38.9 Å². The van der Waals surface area contributed by atoms with Crippen molar-refractivity contribution in [2.24, 2.45) is 5.92 Å². The highest BCUT2D eigenvalue weighted by molar-refractivity contribution is 5.21. The summed E-state index contributed by atoms with van der Waals surface area (Å²) >= 11 is 0. The molecule has 1 nitrogen and oxygen atoms in total. The zero-order chi connectivity index (χ0) is 11.5. The molecule has 16 heavy (non-hydrogen) atoms. The lowest BCUT2D eigenvalue weighted by Gasteiger charge is -2.36. The van der Waals surface area contributed by atoms with E-state index in [9.17, 15) is 0 Å². The van der Waals surface area contributed by atoms with Crippen LogP contribution < -0.4 is 0 Å². The Morgan fingerprint density at radius 2 is 1.94 bits per heavy atom. The van der Waals surface area contributed by atoms with Crippen molar-refractivity contribution in [1.82, 2.24) is 0 Å². The minimum absolute atomic E-state index is 0.197. The molecule has 0 aromatic heterocycles. The molecule has 1 aliphatic rings. The number of hydrogen-bond donors (Lipinski definition) is 0. The van der Waals surface area contributed by atoms with Gasteiger partial charge in [-0.25, -0.2) is 0 Å². The molecule has 1 saturated heterocycles. The van der Waals surface area contributed by atoms with Crippen LogP contribution in [0.3, 0.4) is 0 Å². The molecule has 0 saturated carbocycles. The van der Waals surface area contributed by atoms with Gasteiger partial charge in [0.15, 0.2) is 0 Å². The first-order chi connectivity index (χ1) is 7.68. The molecule has 0 spiro atoms. The summed E-state index contributed by atoms with van der Waals surface area (Å²) in [6, 6.07) is 10.5. The molecule has 0 unspecified atom stereocenters. The fraction of sp³-hybridized carbons (Fsp3) is 0.467. The van der Waals surface area contributed by atoms with E-state index in [-0.39, 0.29) is 6.10 Å². The first-order valence-corrected chi connectivity index (χ1v) is 6.04. The van der Waals surface area contributed by atoms with Gasteiger partial charge in [-0.05, 0) is 32.3 Å². The van der Waals surface area contributed by atoms with Gasteiger partial charge < -0.3 is 4.74 Å². The normalized spacial score (nSPS) is 30.0. The van der Waals surface area contributed by atoms with Gasteiger partial charge in [-0.1, -0.05) is 42.5 Å². The molecule has 0 N–H and O–H groups in total. The van der Waals surface area contributed by atoms with E-state index < -0.39 is 0 Å². The molecule has 1 heteroatoms. The second kappa shape index (κ2) is 4.84. The van der Waals surface area contributed by atoms with Crippen molar-refractivity contribution in [3.8, 4) is 0 Å². The van der Waals surface area contributed by atoms with Crippen molar-refractivity contribution in [3.05, 3.63) is 48.0 Å². The highest BCUT2D eigenvalue weighted by atomic mass is 16.5. The predicted octanol–water partition coefficient (Wildman–Crippen LogP) is 4.12. The molecule has 3 atom stereocenters. The van der Waals surface area contributed by atoms with Crippen LogP contribution in [0.5, 0.6) is 0 Å². The third-order valence-electron chi connectivity index (χ3n) is 3.39. The maximum absolute atomic E-state index is 6.09. The van der Waals surface area contributed by atoms with E-state index in [0.717, 1.165) is 6.42 Å². The minimum Gasteiger partial charge on any atom is -0.370 e. The van der Waals surface area contributed by atoms with E-state index >= 15 is 0 Å². The third-order valence-corrected chi connectivity index (χ3v) is 3.39. The molecule has 1 fully saturated rings. The Morgan fingerprint density at radius 1 is 1.25 bits per heavy atom. The highest BCUT2D eigenvalue weighted by Crippen LogP contribution is 2.39. The molecule has 0 bridgehead atoms. The van der Waals surface area contributed by atoms with E-state index in [1.54, 1.807) is 0 Å². The summed E-state index contributed by atoms with van der Waals surface area (Å²) in [5.41, 5.74) is 2.52. The van der Waals surface area contributed by atoms with Gasteiger partial charge in [0, 0.05) is 5.92 Å². The van der Waals surface area contributed by atoms with Crippen molar-refractivity contribution < 1.29 is 4.74 Å². The summed E-state index contributed by atoms with van der Waals surface area (Å²) < 4.78 is 6.09. The van der Waals surface area contributed by atoms with Crippen LogP contribution >= 0.6 is 0 Å². The minimum atomic E-state index is 0.197. The number of hydrogen-bond acceptors (Lipinski definition) is 1. The van der Waals surface area contributed by atoms with Crippen molar-refractivity contribution in [1.29, 1.82) is 0 Å². The lowest BCUT2D eigenvalue weighted by atomic mass is 9.83. The number of ether oxygens (including phenoxy) is 1. The molecule has 1 aliphatic heterocycles. The molecule has 1 aromatic carbocycles. The summed E-state index contributed by atoms with van der Waals surface area (Å²) in [6.07, 6.45) is 2.89. The van der Waals surface area contributed by atoms with Gasteiger partial charge >= 0.3 is 0 Å². The Kier molecular flexibility index (Phi) is 3.45. The summed E-state index contributed by atoms with van der Waals surface area (Å²) in [6.45, 7) is 8.37. The number of benzene rings is 1. The van der Waals surface area contributed by atoms with Crippen molar-refractivity contribution in [2.75, 3.05) is 0 Å². The van der Waals surface area contributed by atoms with E-state index in [0.29, 0.717) is 12.0 Å². The fourth-order valence-electron chi connectivity index (χ4n) is 2.44. The lowest BCUT2D eigenvalue weighted by molar-refractivity contribution is -0.0672. The van der Waals surface area contributed by atoms with Crippen LogP contribution in [0.1, 0.15) is 38.4 Å². The SMILES string of the molecule is C=C(C)[C@@H]1CC[C@H](C)O[C@@H]1c1ccccc1. The van der Waals surface area contributed by atoms with Crippen LogP contribution in [0.15, 0.2) is 42.5 Å². The third kappa shape index (κ3) is 2.35. The van der Waals surface area contributed by atoms with Gasteiger partial charge in [0.25, 0.3) is 0 Å². The molecule has 1 heterocycles. The van der Waals surface area contributed by atoms with Gasteiger partial charge in [0.2, 0.25) is 0 Å². The monoisotopic (exact) mass is 216 g/mol. The van der Waals surface area contributed by atoms with Crippen LogP contribution in [-0.2, 0) is 4.74 Å². The van der Waals surface area contributed by atoms with Crippen LogP contribution in [0.2, 0.25) is 0 Å². The quantitative estimate of drug-likeness (QED) is 0.676. The van der Waals surface area contributed by atoms with E-state index in [1.807, 2.05) is 6.07 Å². The molecule has 1 aromatic rings. The fourth-order valence-corrected chi connectivity index (χ4v) is 2.44. The largest absolute Gasteiger partial charge is 0.370 e. The molecule has 86 valence electrons. The predicted molar refractivity (Wildman–Crippen MR) is 67.3 cm³/mol. The number of rotatable bonds is 2. The summed E-state index contributed by atoms with van der Waals surface area (Å²) in [4.78, 5) is 0. The highest BCUT2D eigenvalue weighted by Gasteiger charge is 2.30. The van der Waals surface area contributed by atoms with Gasteiger partial charge in [0.1, 0.15) is 0 Å². The van der Waals surface area contributed by atoms with Crippen LogP contribution in [0.4, 0.5) is 0 Å². The maximum Gasteiger partial charge on any atom is 0.0893 e. The Balaban J connectivity index is 2.24. The molecular formula is C15H20O. The Morgan fingerprint density at radius 3 is 2.56 bits per heavy atom. The second-order valence-electron chi connectivity index (χ2n) is 4.81. The van der Waals surface area contributed by atoms with Crippen molar-refractivity contribution >= 4 is 0 Å². The maximum atomic E-state index is 6.09. The average Bonchev–Trinajstić information content (AvgIpc) is 2.29. The second-order valence-corrected chi connectivity index (χ2v) is 4.81. The summed E-state index contributed by atoms with van der Waals surface area (Å²) in [5, 5.41) is 0. The zero-order valence-corrected chi connectivity index (χ0v) is 10.1. The van der Waals surface area contributed by atoms with Gasteiger partial charge in [-0.2, -0.15) is 0 Å². The smallest absolute Gasteiger partial charge is 0.0893 e. The Hall–Kier alpha value is -1.08. The topological polar surface area (TPSA) is 9.23 Å². The first kappa shape index (κ1) is 11.4. The van der Waals surface area contributed by atoms with Gasteiger partial charge in [0.05, 0.1) is 12.2 Å². The van der Waals surface area contributed by atoms with Crippen LogP contribution in [0, 0.1) is 5.92 Å². The van der Waals surface area contributed by atoms with Crippen LogP contribution in [-0.4, -0.2) is 6.10 Å². The van der Waals surface area contributed by atoms with Crippen molar-refractivity contribution in [3.63, 3.8) is 0 Å². The molecular weight excluding hydrogens is 196 g/mol. The van der Waals surface area contributed by atoms with E-state index in [4.69, 9.17) is 4.74 Å². The summed E-state index contributed by atoms with van der Waals surface area (Å²) in [5.74, 6) is 0.471. The Bertz CT molecular complexity index is 355. The average molecular weight is 216 g/mol. The molecule has 2 rings (SSSR count). The summed E-state index contributed by atoms with van der Waals surface area (Å²) in [7, 11) is 0. The van der Waals surface area contributed by atoms with Crippen LogP contribution in [0.25, 0.3) is 0 Å². The van der Waals surface area contributed by atoms with E-state index in [1.165, 1.54) is 17.6 Å². The van der Waals surface area contributed by atoms with Gasteiger partial charge in [-0.3, -0.25) is 0 Å². The molecule has 0 radical (unpaired) electrons. The molecule has 0 aliphatic carbocycles. The molecule has 0 amide bonds. The Labute approximate surface area is 98.1 Å². The van der Waals surface area contributed by atoms with Gasteiger partial charge in [-0.15, -0.1) is 0 Å². The lowest BCUT2D eigenvalue weighted by Crippen LogP contribution is -2.28. The van der Waals surface area contributed by atoms with E-state index in [2.05, 4.69) is 44.7 Å². The zero-order valence-electron chi connectivity index (χ0n) is 10.1.